The molecule has 1 amide bonds. The SMILES string of the molecule is CCN(N(C)C)S(=O)(=O)c1ccc(NC(=O)c2ccccc2)c2ccccc12. The molecule has 0 aromatic heterocycles. The maximum Gasteiger partial charge on any atom is 0.256 e. The fraction of sp³-hybridized carbons (Fsp3) is 0.190. The van der Waals surface area contributed by atoms with Crippen molar-refractivity contribution >= 4 is 32.4 Å². The Morgan fingerprint density at radius 1 is 0.893 bits per heavy atom. The number of nitrogens with one attached hydrogen (secondary N) is 1. The predicted octanol–water partition coefficient (Wildman–Crippen LogP) is 3.58. The summed E-state index contributed by atoms with van der Waals surface area (Å²) in [6.07, 6.45) is 0. The molecule has 6 nitrogen and oxygen atoms in total. The number of hydrazine groups is 1. The van der Waals surface area contributed by atoms with Crippen molar-refractivity contribution in [1.29, 1.82) is 0 Å². The van der Waals surface area contributed by atoms with Gasteiger partial charge in [0.15, 0.2) is 0 Å². The van der Waals surface area contributed by atoms with Crippen LogP contribution in [0, 0.1) is 0 Å². The van der Waals surface area contributed by atoms with Crippen molar-refractivity contribution in [2.75, 3.05) is 26.0 Å². The lowest BCUT2D eigenvalue weighted by molar-refractivity contribution is 0.102. The van der Waals surface area contributed by atoms with Gasteiger partial charge in [0.1, 0.15) is 0 Å². The van der Waals surface area contributed by atoms with Crippen molar-refractivity contribution in [2.24, 2.45) is 0 Å². The zero-order valence-electron chi connectivity index (χ0n) is 16.1. The molecular formula is C21H23N3O3S. The second kappa shape index (κ2) is 8.10. The largest absolute Gasteiger partial charge is 0.321 e. The Morgan fingerprint density at radius 2 is 1.50 bits per heavy atom. The monoisotopic (exact) mass is 397 g/mol. The van der Waals surface area contributed by atoms with E-state index in [4.69, 9.17) is 0 Å². The zero-order valence-corrected chi connectivity index (χ0v) is 16.9. The first-order chi connectivity index (χ1) is 13.4. The average Bonchev–Trinajstić information content (AvgIpc) is 2.68. The van der Waals surface area contributed by atoms with E-state index in [0.29, 0.717) is 28.6 Å². The van der Waals surface area contributed by atoms with Gasteiger partial charge in [-0.2, -0.15) is 0 Å². The molecule has 7 heteroatoms. The summed E-state index contributed by atoms with van der Waals surface area (Å²) in [5.74, 6) is -0.246. The van der Waals surface area contributed by atoms with E-state index in [-0.39, 0.29) is 10.8 Å². The third-order valence-electron chi connectivity index (χ3n) is 4.44. The molecule has 1 N–H and O–H groups in total. The van der Waals surface area contributed by atoms with Gasteiger partial charge in [-0.25, -0.2) is 13.4 Å². The van der Waals surface area contributed by atoms with Gasteiger partial charge in [-0.15, -0.1) is 4.41 Å². The second-order valence-corrected chi connectivity index (χ2v) is 8.28. The summed E-state index contributed by atoms with van der Waals surface area (Å²) in [5, 5.41) is 5.67. The molecule has 0 radical (unpaired) electrons. The maximum absolute atomic E-state index is 13.2. The number of sulfonamides is 1. The van der Waals surface area contributed by atoms with Crippen LogP contribution < -0.4 is 5.32 Å². The van der Waals surface area contributed by atoms with Gasteiger partial charge in [0.05, 0.1) is 4.90 Å². The lowest BCUT2D eigenvalue weighted by Crippen LogP contribution is -2.41. The van der Waals surface area contributed by atoms with Crippen LogP contribution in [0.3, 0.4) is 0 Å². The van der Waals surface area contributed by atoms with E-state index in [9.17, 15) is 13.2 Å². The number of nitrogens with zero attached hydrogens (tertiary/aromatic N) is 2. The fourth-order valence-electron chi connectivity index (χ4n) is 3.17. The van der Waals surface area contributed by atoms with Gasteiger partial charge in [0.2, 0.25) is 0 Å². The minimum absolute atomic E-state index is 0.205. The molecule has 28 heavy (non-hydrogen) atoms. The van der Waals surface area contributed by atoms with Crippen LogP contribution in [0.15, 0.2) is 71.6 Å². The van der Waals surface area contributed by atoms with Crippen LogP contribution >= 0.6 is 0 Å². The minimum atomic E-state index is -3.73. The summed E-state index contributed by atoms with van der Waals surface area (Å²) in [4.78, 5) is 12.7. The van der Waals surface area contributed by atoms with Gasteiger partial charge in [-0.1, -0.05) is 42.5 Å². The molecule has 3 aromatic rings. The van der Waals surface area contributed by atoms with Gasteiger partial charge in [-0.05, 0) is 31.2 Å². The van der Waals surface area contributed by atoms with Crippen LogP contribution in [0.2, 0.25) is 0 Å². The van der Waals surface area contributed by atoms with Crippen molar-refractivity contribution in [3.8, 4) is 0 Å². The molecule has 0 atom stereocenters. The molecule has 0 saturated heterocycles. The van der Waals surface area contributed by atoms with E-state index in [0.717, 1.165) is 0 Å². The number of hydrogen-bond acceptors (Lipinski definition) is 4. The summed E-state index contributed by atoms with van der Waals surface area (Å²) in [6, 6.07) is 19.2. The van der Waals surface area contributed by atoms with Crippen molar-refractivity contribution < 1.29 is 13.2 Å². The molecular weight excluding hydrogens is 374 g/mol. The third-order valence-corrected chi connectivity index (χ3v) is 6.49. The number of amides is 1. The smallest absolute Gasteiger partial charge is 0.256 e. The van der Waals surface area contributed by atoms with Gasteiger partial charge in [0, 0.05) is 42.7 Å². The van der Waals surface area contributed by atoms with Crippen molar-refractivity contribution in [3.05, 3.63) is 72.3 Å². The van der Waals surface area contributed by atoms with Gasteiger partial charge in [0.25, 0.3) is 15.9 Å². The highest BCUT2D eigenvalue weighted by Crippen LogP contribution is 2.31. The van der Waals surface area contributed by atoms with Crippen molar-refractivity contribution in [1.82, 2.24) is 9.42 Å². The first kappa shape index (κ1) is 20.0. The summed E-state index contributed by atoms with van der Waals surface area (Å²) < 4.78 is 27.6. The van der Waals surface area contributed by atoms with Crippen LogP contribution in [-0.4, -0.2) is 44.4 Å². The number of anilines is 1. The molecule has 0 fully saturated rings. The molecule has 0 aliphatic rings. The summed E-state index contributed by atoms with van der Waals surface area (Å²) in [7, 11) is -0.344. The molecule has 0 bridgehead atoms. The second-order valence-electron chi connectivity index (χ2n) is 6.47. The van der Waals surface area contributed by atoms with E-state index in [1.54, 1.807) is 80.6 Å². The highest BCUT2D eigenvalue weighted by atomic mass is 32.2. The summed E-state index contributed by atoms with van der Waals surface area (Å²) >= 11 is 0. The summed E-state index contributed by atoms with van der Waals surface area (Å²) in [5.41, 5.74) is 1.10. The van der Waals surface area contributed by atoms with E-state index in [1.165, 1.54) is 4.41 Å². The van der Waals surface area contributed by atoms with Crippen LogP contribution in [0.4, 0.5) is 5.69 Å². The van der Waals surface area contributed by atoms with Gasteiger partial charge < -0.3 is 5.32 Å². The normalized spacial score (nSPS) is 11.9. The first-order valence-corrected chi connectivity index (χ1v) is 10.4. The van der Waals surface area contributed by atoms with Crippen LogP contribution in [0.25, 0.3) is 10.8 Å². The van der Waals surface area contributed by atoms with Crippen LogP contribution in [0.1, 0.15) is 17.3 Å². The number of fused-ring (bicyclic) bond motifs is 1. The standard InChI is InChI=1S/C21H23N3O3S/c1-4-24(23(2)3)28(26,27)20-15-14-19(17-12-8-9-13-18(17)20)22-21(25)16-10-6-5-7-11-16/h5-15H,4H2,1-3H3,(H,22,25). The molecule has 0 spiro atoms. The highest BCUT2D eigenvalue weighted by Gasteiger charge is 2.27. The van der Waals surface area contributed by atoms with Crippen molar-refractivity contribution in [3.63, 3.8) is 0 Å². The average molecular weight is 398 g/mol. The molecule has 0 aliphatic heterocycles. The number of rotatable bonds is 6. The molecule has 3 rings (SSSR count). The maximum atomic E-state index is 13.2. The molecule has 0 saturated carbocycles. The third kappa shape index (κ3) is 3.77. The number of hydrogen-bond donors (Lipinski definition) is 1. The predicted molar refractivity (Wildman–Crippen MR) is 112 cm³/mol. The molecule has 0 heterocycles. The van der Waals surface area contributed by atoms with Crippen LogP contribution in [-0.2, 0) is 10.0 Å². The fourth-order valence-corrected chi connectivity index (χ4v) is 4.86. The molecule has 0 unspecified atom stereocenters. The van der Waals surface area contributed by atoms with Gasteiger partial charge in [-0.3, -0.25) is 4.79 Å². The van der Waals surface area contributed by atoms with E-state index >= 15 is 0 Å². The van der Waals surface area contributed by atoms with E-state index < -0.39 is 10.0 Å². The van der Waals surface area contributed by atoms with E-state index in [1.807, 2.05) is 12.1 Å². The molecule has 0 aliphatic carbocycles. The molecule has 146 valence electrons. The van der Waals surface area contributed by atoms with Crippen molar-refractivity contribution in [2.45, 2.75) is 11.8 Å². The zero-order chi connectivity index (χ0) is 20.3. The van der Waals surface area contributed by atoms with Crippen LogP contribution in [0.5, 0.6) is 0 Å². The number of benzene rings is 3. The highest BCUT2D eigenvalue weighted by molar-refractivity contribution is 7.89. The Balaban J connectivity index is 2.08. The lowest BCUT2D eigenvalue weighted by atomic mass is 10.1. The van der Waals surface area contributed by atoms with E-state index in [2.05, 4.69) is 5.32 Å². The Labute approximate surface area is 165 Å². The quantitative estimate of drug-likeness (QED) is 0.646. The number of carbonyl (C=O) groups excluding carboxylic acids is 1. The minimum Gasteiger partial charge on any atom is -0.321 e. The first-order valence-electron chi connectivity index (χ1n) is 8.94. The lowest BCUT2D eigenvalue weighted by Gasteiger charge is -2.27. The van der Waals surface area contributed by atoms with Gasteiger partial charge >= 0.3 is 0 Å². The Morgan fingerprint density at radius 3 is 2.11 bits per heavy atom. The topological polar surface area (TPSA) is 69.7 Å². The Kier molecular flexibility index (Phi) is 5.79. The Bertz CT molecular complexity index is 1100. The number of carbonyl (C=O) groups is 1. The molecule has 3 aromatic carbocycles. The summed E-state index contributed by atoms with van der Waals surface area (Å²) in [6.45, 7) is 2.10. The Hall–Kier alpha value is -2.74.